The number of rotatable bonds is 6. The predicted molar refractivity (Wildman–Crippen MR) is 88.2 cm³/mol. The Morgan fingerprint density at radius 3 is 2.44 bits per heavy atom. The molecule has 0 aliphatic rings. The Hall–Kier alpha value is -2.58. The third-order valence-electron chi connectivity index (χ3n) is 3.66. The zero-order valence-electron chi connectivity index (χ0n) is 13.1. The first-order valence-electron chi connectivity index (χ1n) is 7.44. The van der Waals surface area contributed by atoms with Gasteiger partial charge in [-0.05, 0) is 35.4 Å². The van der Waals surface area contributed by atoms with E-state index in [1.807, 2.05) is 18.3 Å². The average molecular weight is 363 g/mol. The summed E-state index contributed by atoms with van der Waals surface area (Å²) >= 11 is 0. The minimum absolute atomic E-state index is 0.0266. The molecule has 5 nitrogen and oxygen atoms in total. The molecule has 3 rings (SSSR count). The standard InChI is InChI=1S/C17H15F2N3O2S/c18-16-7-6-15(10-17(16)19)25(23,24)21-11-13-4-1-2-5-14(13)12-22-9-3-8-20-22/h1-10,21H,11-12H2. The zero-order chi connectivity index (χ0) is 17.9. The molecule has 130 valence electrons. The van der Waals surface area contributed by atoms with Crippen LogP contribution in [0.2, 0.25) is 0 Å². The molecule has 0 unspecified atom stereocenters. The van der Waals surface area contributed by atoms with Gasteiger partial charge in [-0.3, -0.25) is 4.68 Å². The van der Waals surface area contributed by atoms with Crippen molar-refractivity contribution in [3.63, 3.8) is 0 Å². The average Bonchev–Trinajstić information content (AvgIpc) is 3.09. The predicted octanol–water partition coefficient (Wildman–Crippen LogP) is 2.69. The molecule has 1 N–H and O–H groups in total. The first-order chi connectivity index (χ1) is 12.0. The van der Waals surface area contributed by atoms with E-state index >= 15 is 0 Å². The van der Waals surface area contributed by atoms with Crippen molar-refractivity contribution in [2.24, 2.45) is 0 Å². The number of aromatic nitrogens is 2. The second-order valence-corrected chi connectivity index (χ2v) is 7.14. The van der Waals surface area contributed by atoms with Gasteiger partial charge in [-0.1, -0.05) is 24.3 Å². The molecule has 0 spiro atoms. The van der Waals surface area contributed by atoms with Gasteiger partial charge in [0, 0.05) is 18.9 Å². The molecule has 0 saturated carbocycles. The molecule has 2 aromatic carbocycles. The van der Waals surface area contributed by atoms with Gasteiger partial charge in [0.15, 0.2) is 11.6 Å². The molecule has 1 heterocycles. The fourth-order valence-electron chi connectivity index (χ4n) is 2.35. The van der Waals surface area contributed by atoms with Gasteiger partial charge in [0.25, 0.3) is 0 Å². The van der Waals surface area contributed by atoms with Crippen LogP contribution in [0.15, 0.2) is 65.8 Å². The second kappa shape index (κ2) is 7.12. The molecule has 1 aromatic heterocycles. The normalized spacial score (nSPS) is 11.6. The molecule has 0 saturated heterocycles. The highest BCUT2D eigenvalue weighted by Crippen LogP contribution is 2.15. The van der Waals surface area contributed by atoms with Crippen LogP contribution in [0.1, 0.15) is 11.1 Å². The van der Waals surface area contributed by atoms with Crippen molar-refractivity contribution in [3.8, 4) is 0 Å². The Morgan fingerprint density at radius 2 is 1.76 bits per heavy atom. The lowest BCUT2D eigenvalue weighted by Gasteiger charge is -2.11. The van der Waals surface area contributed by atoms with Crippen LogP contribution in [-0.2, 0) is 23.1 Å². The summed E-state index contributed by atoms with van der Waals surface area (Å²) in [5.41, 5.74) is 1.67. The van der Waals surface area contributed by atoms with Crippen LogP contribution < -0.4 is 4.72 Å². The Kier molecular flexibility index (Phi) is 4.91. The Balaban J connectivity index is 1.78. The molecule has 3 aromatic rings. The number of nitrogens with one attached hydrogen (secondary N) is 1. The maximum absolute atomic E-state index is 13.3. The van der Waals surface area contributed by atoms with Crippen molar-refractivity contribution in [1.82, 2.24) is 14.5 Å². The number of hydrogen-bond acceptors (Lipinski definition) is 3. The van der Waals surface area contributed by atoms with Gasteiger partial charge in [0.05, 0.1) is 11.4 Å². The molecule has 0 aliphatic carbocycles. The van der Waals surface area contributed by atoms with Gasteiger partial charge >= 0.3 is 0 Å². The van der Waals surface area contributed by atoms with Crippen molar-refractivity contribution in [2.75, 3.05) is 0 Å². The van der Waals surface area contributed by atoms with Gasteiger partial charge in [-0.25, -0.2) is 21.9 Å². The maximum Gasteiger partial charge on any atom is 0.240 e. The highest BCUT2D eigenvalue weighted by molar-refractivity contribution is 7.89. The second-order valence-electron chi connectivity index (χ2n) is 5.37. The molecule has 8 heteroatoms. The Labute approximate surface area is 144 Å². The van der Waals surface area contributed by atoms with Crippen LogP contribution in [0, 0.1) is 11.6 Å². The van der Waals surface area contributed by atoms with Crippen LogP contribution in [0.3, 0.4) is 0 Å². The van der Waals surface area contributed by atoms with E-state index in [0.717, 1.165) is 23.3 Å². The van der Waals surface area contributed by atoms with Crippen molar-refractivity contribution < 1.29 is 17.2 Å². The summed E-state index contributed by atoms with van der Waals surface area (Å²) in [6, 6.07) is 11.6. The smallest absolute Gasteiger partial charge is 0.240 e. The highest BCUT2D eigenvalue weighted by atomic mass is 32.2. The van der Waals surface area contributed by atoms with E-state index in [9.17, 15) is 17.2 Å². The monoisotopic (exact) mass is 363 g/mol. The number of benzene rings is 2. The van der Waals surface area contributed by atoms with Crippen LogP contribution in [0.25, 0.3) is 0 Å². The van der Waals surface area contributed by atoms with Crippen molar-refractivity contribution in [3.05, 3.63) is 83.7 Å². The van der Waals surface area contributed by atoms with Crippen LogP contribution in [0.5, 0.6) is 0 Å². The minimum Gasteiger partial charge on any atom is -0.268 e. The molecule has 0 aliphatic heterocycles. The molecule has 0 bridgehead atoms. The van der Waals surface area contributed by atoms with Crippen molar-refractivity contribution in [1.29, 1.82) is 0 Å². The Morgan fingerprint density at radius 1 is 1.00 bits per heavy atom. The lowest BCUT2D eigenvalue weighted by molar-refractivity contribution is 0.504. The van der Waals surface area contributed by atoms with E-state index in [0.29, 0.717) is 12.6 Å². The van der Waals surface area contributed by atoms with Gasteiger partial charge in [0.2, 0.25) is 10.0 Å². The third kappa shape index (κ3) is 4.09. The van der Waals surface area contributed by atoms with E-state index < -0.39 is 21.7 Å². The quantitative estimate of drug-likeness (QED) is 0.732. The highest BCUT2D eigenvalue weighted by Gasteiger charge is 2.17. The molecule has 25 heavy (non-hydrogen) atoms. The topological polar surface area (TPSA) is 64.0 Å². The van der Waals surface area contributed by atoms with Gasteiger partial charge in [-0.15, -0.1) is 0 Å². The largest absolute Gasteiger partial charge is 0.268 e. The summed E-state index contributed by atoms with van der Waals surface area (Å²) in [5, 5.41) is 4.13. The maximum atomic E-state index is 13.3. The fraction of sp³-hybridized carbons (Fsp3) is 0.118. The summed E-state index contributed by atoms with van der Waals surface area (Å²) in [6.07, 6.45) is 3.47. The van der Waals surface area contributed by atoms with E-state index in [2.05, 4.69) is 9.82 Å². The molecular weight excluding hydrogens is 348 g/mol. The van der Waals surface area contributed by atoms with Gasteiger partial charge in [-0.2, -0.15) is 5.10 Å². The number of nitrogens with zero attached hydrogens (tertiary/aromatic N) is 2. The molecular formula is C17H15F2N3O2S. The van der Waals surface area contributed by atoms with Crippen molar-refractivity contribution in [2.45, 2.75) is 18.0 Å². The summed E-state index contributed by atoms with van der Waals surface area (Å²) in [5.74, 6) is -2.30. The van der Waals surface area contributed by atoms with Crippen molar-refractivity contribution >= 4 is 10.0 Å². The zero-order valence-corrected chi connectivity index (χ0v) is 13.9. The van der Waals surface area contributed by atoms with E-state index in [4.69, 9.17) is 0 Å². The lowest BCUT2D eigenvalue weighted by Crippen LogP contribution is -2.24. The summed E-state index contributed by atoms with van der Waals surface area (Å²) in [6.45, 7) is 0.523. The van der Waals surface area contributed by atoms with E-state index in [1.165, 1.54) is 0 Å². The molecule has 0 atom stereocenters. The number of sulfonamides is 1. The number of hydrogen-bond donors (Lipinski definition) is 1. The summed E-state index contributed by atoms with van der Waals surface area (Å²) < 4.78 is 54.9. The van der Waals surface area contributed by atoms with Crippen LogP contribution >= 0.6 is 0 Å². The third-order valence-corrected chi connectivity index (χ3v) is 5.06. The fourth-order valence-corrected chi connectivity index (χ4v) is 3.37. The molecule has 0 radical (unpaired) electrons. The van der Waals surface area contributed by atoms with Crippen LogP contribution in [0.4, 0.5) is 8.78 Å². The minimum atomic E-state index is -3.96. The first-order valence-corrected chi connectivity index (χ1v) is 8.93. The van der Waals surface area contributed by atoms with Gasteiger partial charge < -0.3 is 0 Å². The van der Waals surface area contributed by atoms with E-state index in [-0.39, 0.29) is 11.4 Å². The lowest BCUT2D eigenvalue weighted by atomic mass is 10.1. The number of halogens is 2. The first kappa shape index (κ1) is 17.2. The molecule has 0 amide bonds. The van der Waals surface area contributed by atoms with Crippen LogP contribution in [-0.4, -0.2) is 18.2 Å². The Bertz CT molecular complexity index is 973. The van der Waals surface area contributed by atoms with Gasteiger partial charge in [0.1, 0.15) is 0 Å². The summed E-state index contributed by atoms with van der Waals surface area (Å²) in [7, 11) is -3.96. The van der Waals surface area contributed by atoms with E-state index in [1.54, 1.807) is 29.1 Å². The SMILES string of the molecule is O=S(=O)(NCc1ccccc1Cn1cccn1)c1ccc(F)c(F)c1. The molecule has 0 fully saturated rings. The summed E-state index contributed by atoms with van der Waals surface area (Å²) in [4.78, 5) is -0.323.